The van der Waals surface area contributed by atoms with Crippen molar-refractivity contribution in [3.63, 3.8) is 0 Å². The minimum absolute atomic E-state index is 0.192. The molecule has 12 nitrogen and oxygen atoms in total. The van der Waals surface area contributed by atoms with E-state index in [9.17, 15) is 4.79 Å². The standard InChI is InChI=1S/C23H25N11O/c1-3-5-8-17-15-33(22-27-30-31-34(22)4-2)23(35)32(17)14-16-13-24-12-11-18(16)19-9-6-7-10-20(19)21-25-28-29-26-21/h6-7,9-13,15H,3-5,8,14H2,1-2H3,(H,25,26,28,29). The second-order valence-corrected chi connectivity index (χ2v) is 8.09. The summed E-state index contributed by atoms with van der Waals surface area (Å²) in [5.41, 5.74) is 4.39. The fourth-order valence-electron chi connectivity index (χ4n) is 4.16. The van der Waals surface area contributed by atoms with E-state index in [-0.39, 0.29) is 5.69 Å². The Morgan fingerprint density at radius 1 is 1.00 bits per heavy atom. The van der Waals surface area contributed by atoms with E-state index < -0.39 is 0 Å². The van der Waals surface area contributed by atoms with Crippen LogP contribution in [0.2, 0.25) is 0 Å². The minimum Gasteiger partial charge on any atom is -0.291 e. The first-order valence-electron chi connectivity index (χ1n) is 11.5. The van der Waals surface area contributed by atoms with Crippen LogP contribution in [0, 0.1) is 0 Å². The highest BCUT2D eigenvalue weighted by Gasteiger charge is 2.19. The Hall–Kier alpha value is -4.48. The number of tetrazole rings is 2. The van der Waals surface area contributed by atoms with Gasteiger partial charge in [-0.25, -0.2) is 19.1 Å². The Kier molecular flexibility index (Phi) is 6.24. The van der Waals surface area contributed by atoms with Crippen molar-refractivity contribution in [2.45, 2.75) is 46.2 Å². The van der Waals surface area contributed by atoms with Crippen LogP contribution in [0.1, 0.15) is 37.9 Å². The number of aryl methyl sites for hydroxylation is 2. The first-order valence-corrected chi connectivity index (χ1v) is 11.5. The minimum atomic E-state index is -0.192. The van der Waals surface area contributed by atoms with Gasteiger partial charge in [-0.1, -0.05) is 42.7 Å². The van der Waals surface area contributed by atoms with Crippen molar-refractivity contribution in [2.24, 2.45) is 0 Å². The molecule has 0 fully saturated rings. The first-order chi connectivity index (χ1) is 17.2. The molecule has 0 saturated heterocycles. The number of pyridine rings is 1. The summed E-state index contributed by atoms with van der Waals surface area (Å²) < 4.78 is 4.91. The average Bonchev–Trinajstić information content (AvgIpc) is 3.65. The zero-order valence-corrected chi connectivity index (χ0v) is 19.5. The van der Waals surface area contributed by atoms with Crippen LogP contribution in [0.5, 0.6) is 0 Å². The molecule has 0 aliphatic rings. The fourth-order valence-corrected chi connectivity index (χ4v) is 4.16. The molecule has 1 N–H and O–H groups in total. The van der Waals surface area contributed by atoms with Gasteiger partial charge in [-0.2, -0.15) is 0 Å². The molecule has 5 aromatic rings. The van der Waals surface area contributed by atoms with Crippen molar-refractivity contribution in [3.05, 3.63) is 70.7 Å². The van der Waals surface area contributed by atoms with Crippen LogP contribution in [0.4, 0.5) is 0 Å². The second-order valence-electron chi connectivity index (χ2n) is 8.09. The molecule has 0 unspecified atom stereocenters. The smallest absolute Gasteiger partial charge is 0.291 e. The van der Waals surface area contributed by atoms with Crippen molar-refractivity contribution in [1.82, 2.24) is 54.9 Å². The van der Waals surface area contributed by atoms with Gasteiger partial charge in [0.2, 0.25) is 0 Å². The van der Waals surface area contributed by atoms with Crippen LogP contribution < -0.4 is 5.69 Å². The number of aromatic nitrogens is 11. The van der Waals surface area contributed by atoms with Gasteiger partial charge in [0, 0.05) is 36.4 Å². The van der Waals surface area contributed by atoms with Crippen LogP contribution in [-0.4, -0.2) is 54.9 Å². The Balaban J connectivity index is 1.61. The molecule has 1 aromatic carbocycles. The van der Waals surface area contributed by atoms with Crippen LogP contribution in [0.15, 0.2) is 53.7 Å². The lowest BCUT2D eigenvalue weighted by Gasteiger charge is -2.14. The number of H-pyrrole nitrogens is 1. The van der Waals surface area contributed by atoms with Gasteiger partial charge in [0.1, 0.15) is 0 Å². The highest BCUT2D eigenvalue weighted by Crippen LogP contribution is 2.32. The molecular formula is C23H25N11O. The van der Waals surface area contributed by atoms with Crippen molar-refractivity contribution < 1.29 is 0 Å². The van der Waals surface area contributed by atoms with Gasteiger partial charge in [-0.15, -0.1) is 5.10 Å². The van der Waals surface area contributed by atoms with Crippen LogP contribution >= 0.6 is 0 Å². The van der Waals surface area contributed by atoms with Crippen molar-refractivity contribution in [2.75, 3.05) is 0 Å². The molecule has 0 amide bonds. The number of imidazole rings is 1. The van der Waals surface area contributed by atoms with Gasteiger partial charge in [-0.05, 0) is 63.4 Å². The van der Waals surface area contributed by atoms with E-state index in [1.54, 1.807) is 21.6 Å². The topological polar surface area (TPSA) is 138 Å². The molecule has 0 saturated carbocycles. The van der Waals surface area contributed by atoms with Gasteiger partial charge >= 0.3 is 5.69 Å². The lowest BCUT2D eigenvalue weighted by molar-refractivity contribution is 0.603. The van der Waals surface area contributed by atoms with E-state index in [4.69, 9.17) is 0 Å². The normalized spacial score (nSPS) is 11.3. The molecule has 4 aromatic heterocycles. The van der Waals surface area contributed by atoms with Crippen LogP contribution in [0.3, 0.4) is 0 Å². The van der Waals surface area contributed by atoms with Gasteiger partial charge in [0.15, 0.2) is 5.82 Å². The number of hydrogen-bond acceptors (Lipinski definition) is 8. The molecule has 0 atom stereocenters. The lowest BCUT2D eigenvalue weighted by atomic mass is 9.96. The zero-order valence-electron chi connectivity index (χ0n) is 19.5. The van der Waals surface area contributed by atoms with E-state index >= 15 is 0 Å². The van der Waals surface area contributed by atoms with Crippen LogP contribution in [-0.2, 0) is 19.5 Å². The monoisotopic (exact) mass is 471 g/mol. The molecule has 0 aliphatic carbocycles. The maximum absolute atomic E-state index is 13.6. The van der Waals surface area contributed by atoms with Gasteiger partial charge in [0.05, 0.1) is 6.54 Å². The largest absolute Gasteiger partial charge is 0.335 e. The number of rotatable bonds is 9. The first kappa shape index (κ1) is 22.3. The van der Waals surface area contributed by atoms with E-state index in [1.807, 2.05) is 43.5 Å². The Bertz CT molecular complexity index is 1480. The maximum atomic E-state index is 13.6. The molecule has 5 rings (SSSR count). The number of hydrogen-bond donors (Lipinski definition) is 1. The predicted molar refractivity (Wildman–Crippen MR) is 128 cm³/mol. The number of nitrogens with one attached hydrogen (secondary N) is 1. The van der Waals surface area contributed by atoms with Gasteiger partial charge < -0.3 is 0 Å². The van der Waals surface area contributed by atoms with E-state index in [0.29, 0.717) is 24.9 Å². The highest BCUT2D eigenvalue weighted by molar-refractivity contribution is 5.81. The van der Waals surface area contributed by atoms with Crippen molar-refractivity contribution in [3.8, 4) is 28.5 Å². The summed E-state index contributed by atoms with van der Waals surface area (Å²) in [6, 6.07) is 9.82. The summed E-state index contributed by atoms with van der Waals surface area (Å²) in [5.74, 6) is 0.977. The third kappa shape index (κ3) is 4.25. The molecule has 12 heteroatoms. The predicted octanol–water partition coefficient (Wildman–Crippen LogP) is 2.28. The summed E-state index contributed by atoms with van der Waals surface area (Å²) in [7, 11) is 0. The summed E-state index contributed by atoms with van der Waals surface area (Å²) >= 11 is 0. The molecule has 0 aliphatic heterocycles. The Labute approximate surface area is 200 Å². The second kappa shape index (κ2) is 9.79. The van der Waals surface area contributed by atoms with Crippen molar-refractivity contribution in [1.29, 1.82) is 0 Å². The summed E-state index contributed by atoms with van der Waals surface area (Å²) in [4.78, 5) is 17.9. The maximum Gasteiger partial charge on any atom is 0.335 e. The molecule has 4 heterocycles. The Morgan fingerprint density at radius 3 is 2.63 bits per heavy atom. The summed E-state index contributed by atoms with van der Waals surface area (Å²) in [6.45, 7) is 4.98. The fraction of sp³-hybridized carbons (Fsp3) is 0.304. The van der Waals surface area contributed by atoms with Gasteiger partial charge in [0.25, 0.3) is 5.95 Å². The third-order valence-electron chi connectivity index (χ3n) is 5.93. The molecule has 35 heavy (non-hydrogen) atoms. The highest BCUT2D eigenvalue weighted by atomic mass is 16.2. The SMILES string of the molecule is CCCCc1cn(-c2nnnn2CC)c(=O)n1Cc1cnccc1-c1ccccc1-c1nnn[nH]1. The quantitative estimate of drug-likeness (QED) is 0.346. The summed E-state index contributed by atoms with van der Waals surface area (Å²) in [5, 5.41) is 26.2. The Morgan fingerprint density at radius 2 is 1.86 bits per heavy atom. The van der Waals surface area contributed by atoms with E-state index in [1.165, 1.54) is 4.57 Å². The number of aromatic amines is 1. The number of unbranched alkanes of at least 4 members (excludes halogenated alkanes) is 1. The van der Waals surface area contributed by atoms with Gasteiger partial charge in [-0.3, -0.25) is 9.55 Å². The van der Waals surface area contributed by atoms with Crippen molar-refractivity contribution >= 4 is 0 Å². The van der Waals surface area contributed by atoms with Crippen LogP contribution in [0.25, 0.3) is 28.5 Å². The van der Waals surface area contributed by atoms with E-state index in [0.717, 1.165) is 47.2 Å². The zero-order chi connectivity index (χ0) is 24.2. The third-order valence-corrected chi connectivity index (χ3v) is 5.93. The average molecular weight is 472 g/mol. The summed E-state index contributed by atoms with van der Waals surface area (Å²) in [6.07, 6.45) is 8.14. The number of nitrogens with zero attached hydrogens (tertiary/aromatic N) is 10. The van der Waals surface area contributed by atoms with E-state index in [2.05, 4.69) is 48.1 Å². The lowest BCUT2D eigenvalue weighted by Crippen LogP contribution is -2.26. The molecule has 0 radical (unpaired) electrons. The number of benzene rings is 1. The molecule has 0 bridgehead atoms. The molecule has 0 spiro atoms. The molecular weight excluding hydrogens is 446 g/mol. The molecule has 178 valence electrons.